The van der Waals surface area contributed by atoms with Crippen molar-refractivity contribution < 1.29 is 14.0 Å². The zero-order valence-electron chi connectivity index (χ0n) is 12.7. The molecule has 1 atom stereocenters. The fourth-order valence-corrected chi connectivity index (χ4v) is 2.73. The van der Waals surface area contributed by atoms with Crippen LogP contribution in [0.5, 0.6) is 0 Å². The van der Waals surface area contributed by atoms with Crippen LogP contribution >= 0.6 is 0 Å². The zero-order valence-corrected chi connectivity index (χ0v) is 12.7. The van der Waals surface area contributed by atoms with E-state index in [1.807, 2.05) is 0 Å². The number of hydrogen-bond donors (Lipinski definition) is 1. The number of aromatic nitrogens is 2. The zero-order chi connectivity index (χ0) is 16.4. The lowest BCUT2D eigenvalue weighted by Crippen LogP contribution is -2.37. The molecule has 0 bridgehead atoms. The van der Waals surface area contributed by atoms with Crippen LogP contribution in [0.25, 0.3) is 0 Å². The largest absolute Gasteiger partial charge is 0.346 e. The molecular weight excluding hydrogens is 299 g/mol. The van der Waals surface area contributed by atoms with Gasteiger partial charge in [0.1, 0.15) is 11.5 Å². The van der Waals surface area contributed by atoms with Gasteiger partial charge in [0, 0.05) is 32.8 Å². The van der Waals surface area contributed by atoms with Crippen molar-refractivity contribution in [1.82, 2.24) is 20.0 Å². The standard InChI is InChI=1S/C16H17FN4O2/c1-20-14(5-6-18-20)16(23)19-13-8-15(22)21(10-13)9-11-3-2-4-12(17)7-11/h2-7,13H,8-10H2,1H3,(H,19,23)/t13-/m1/s1. The minimum absolute atomic E-state index is 0.0513. The molecule has 0 saturated carbocycles. The summed E-state index contributed by atoms with van der Waals surface area (Å²) < 4.78 is 14.7. The summed E-state index contributed by atoms with van der Waals surface area (Å²) in [5.41, 5.74) is 1.18. The quantitative estimate of drug-likeness (QED) is 0.918. The smallest absolute Gasteiger partial charge is 0.269 e. The van der Waals surface area contributed by atoms with Crippen LogP contribution < -0.4 is 5.32 Å². The van der Waals surface area contributed by atoms with Crippen molar-refractivity contribution in [3.63, 3.8) is 0 Å². The molecule has 0 spiro atoms. The van der Waals surface area contributed by atoms with Gasteiger partial charge in [-0.1, -0.05) is 12.1 Å². The number of aryl methyl sites for hydroxylation is 1. The van der Waals surface area contributed by atoms with E-state index in [9.17, 15) is 14.0 Å². The number of amides is 2. The number of likely N-dealkylation sites (tertiary alicyclic amines) is 1. The maximum atomic E-state index is 13.2. The summed E-state index contributed by atoms with van der Waals surface area (Å²) in [5, 5.41) is 6.79. The van der Waals surface area contributed by atoms with E-state index in [2.05, 4.69) is 10.4 Å². The average molecular weight is 316 g/mol. The van der Waals surface area contributed by atoms with Crippen molar-refractivity contribution in [2.75, 3.05) is 6.54 Å². The molecule has 2 amide bonds. The minimum Gasteiger partial charge on any atom is -0.346 e. The fraction of sp³-hybridized carbons (Fsp3) is 0.312. The molecule has 2 heterocycles. The fourth-order valence-electron chi connectivity index (χ4n) is 2.73. The van der Waals surface area contributed by atoms with Gasteiger partial charge >= 0.3 is 0 Å². The normalized spacial score (nSPS) is 17.6. The van der Waals surface area contributed by atoms with Crippen molar-refractivity contribution in [2.24, 2.45) is 7.05 Å². The number of carbonyl (C=O) groups excluding carboxylic acids is 2. The molecule has 3 rings (SSSR count). The molecule has 1 aliphatic heterocycles. The average Bonchev–Trinajstić information content (AvgIpc) is 3.05. The summed E-state index contributed by atoms with van der Waals surface area (Å²) in [6.45, 7) is 0.758. The highest BCUT2D eigenvalue weighted by Crippen LogP contribution is 2.16. The Morgan fingerprint density at radius 2 is 2.26 bits per heavy atom. The first-order chi connectivity index (χ1) is 11.0. The van der Waals surface area contributed by atoms with E-state index >= 15 is 0 Å². The highest BCUT2D eigenvalue weighted by molar-refractivity contribution is 5.93. The summed E-state index contributed by atoms with van der Waals surface area (Å²) in [6, 6.07) is 7.54. The second kappa shape index (κ2) is 6.20. The maximum Gasteiger partial charge on any atom is 0.269 e. The molecule has 120 valence electrons. The summed E-state index contributed by atoms with van der Waals surface area (Å²) in [5.74, 6) is -0.629. The third-order valence-electron chi connectivity index (χ3n) is 3.87. The van der Waals surface area contributed by atoms with Gasteiger partial charge in [-0.15, -0.1) is 0 Å². The molecule has 1 N–H and O–H groups in total. The van der Waals surface area contributed by atoms with Gasteiger partial charge in [-0.25, -0.2) is 4.39 Å². The predicted octanol–water partition coefficient (Wildman–Crippen LogP) is 1.09. The van der Waals surface area contributed by atoms with E-state index in [-0.39, 0.29) is 30.1 Å². The topological polar surface area (TPSA) is 67.2 Å². The molecule has 7 heteroatoms. The highest BCUT2D eigenvalue weighted by Gasteiger charge is 2.31. The van der Waals surface area contributed by atoms with Crippen LogP contribution in [0.3, 0.4) is 0 Å². The number of rotatable bonds is 4. The van der Waals surface area contributed by atoms with Gasteiger partial charge in [-0.2, -0.15) is 5.10 Å². The molecule has 1 saturated heterocycles. The molecule has 0 unspecified atom stereocenters. The molecule has 1 aliphatic rings. The van der Waals surface area contributed by atoms with Crippen LogP contribution in [0.1, 0.15) is 22.5 Å². The molecule has 23 heavy (non-hydrogen) atoms. The van der Waals surface area contributed by atoms with E-state index in [1.165, 1.54) is 16.8 Å². The molecule has 0 radical (unpaired) electrons. The Morgan fingerprint density at radius 3 is 2.96 bits per heavy atom. The van der Waals surface area contributed by atoms with Gasteiger partial charge in [0.2, 0.25) is 5.91 Å². The Hall–Kier alpha value is -2.70. The maximum absolute atomic E-state index is 13.2. The second-order valence-electron chi connectivity index (χ2n) is 5.62. The molecule has 1 fully saturated rings. The van der Waals surface area contributed by atoms with Crippen LogP contribution in [0.2, 0.25) is 0 Å². The Bertz CT molecular complexity index is 743. The molecule has 2 aromatic rings. The summed E-state index contributed by atoms with van der Waals surface area (Å²) in [7, 11) is 1.69. The molecular formula is C16H17FN4O2. The summed E-state index contributed by atoms with van der Waals surface area (Å²) in [4.78, 5) is 25.8. The second-order valence-corrected chi connectivity index (χ2v) is 5.62. The van der Waals surface area contributed by atoms with Crippen molar-refractivity contribution in [3.8, 4) is 0 Å². The Morgan fingerprint density at radius 1 is 1.43 bits per heavy atom. The number of nitrogens with one attached hydrogen (secondary N) is 1. The van der Waals surface area contributed by atoms with Gasteiger partial charge in [0.05, 0.1) is 6.04 Å². The Kier molecular flexibility index (Phi) is 4.10. The lowest BCUT2D eigenvalue weighted by Gasteiger charge is -2.17. The Labute approximate surface area is 132 Å². The van der Waals surface area contributed by atoms with Crippen LogP contribution in [0.4, 0.5) is 4.39 Å². The van der Waals surface area contributed by atoms with Crippen LogP contribution in [0.15, 0.2) is 36.5 Å². The first-order valence-electron chi connectivity index (χ1n) is 7.34. The van der Waals surface area contributed by atoms with Gasteiger partial charge in [0.15, 0.2) is 0 Å². The number of hydrogen-bond acceptors (Lipinski definition) is 3. The van der Waals surface area contributed by atoms with Crippen molar-refractivity contribution >= 4 is 11.8 Å². The number of carbonyl (C=O) groups is 2. The molecule has 6 nitrogen and oxygen atoms in total. The van der Waals surface area contributed by atoms with Gasteiger partial charge in [-0.3, -0.25) is 14.3 Å². The predicted molar refractivity (Wildman–Crippen MR) is 80.9 cm³/mol. The molecule has 1 aromatic carbocycles. The van der Waals surface area contributed by atoms with Gasteiger partial charge in [-0.05, 0) is 23.8 Å². The molecule has 1 aromatic heterocycles. The van der Waals surface area contributed by atoms with Crippen molar-refractivity contribution in [2.45, 2.75) is 19.0 Å². The molecule has 0 aliphatic carbocycles. The Balaban J connectivity index is 1.61. The van der Waals surface area contributed by atoms with Crippen LogP contribution in [-0.4, -0.2) is 39.1 Å². The van der Waals surface area contributed by atoms with E-state index in [1.54, 1.807) is 36.3 Å². The highest BCUT2D eigenvalue weighted by atomic mass is 19.1. The van der Waals surface area contributed by atoms with Gasteiger partial charge < -0.3 is 10.2 Å². The number of benzene rings is 1. The summed E-state index contributed by atoms with van der Waals surface area (Å²) in [6.07, 6.45) is 1.80. The SMILES string of the molecule is Cn1nccc1C(=O)N[C@@H]1CC(=O)N(Cc2cccc(F)c2)C1. The first kappa shape index (κ1) is 15.2. The lowest BCUT2D eigenvalue weighted by molar-refractivity contribution is -0.128. The van der Waals surface area contributed by atoms with Crippen molar-refractivity contribution in [1.29, 1.82) is 0 Å². The number of halogens is 1. The van der Waals surface area contributed by atoms with Gasteiger partial charge in [0.25, 0.3) is 5.91 Å². The van der Waals surface area contributed by atoms with E-state index in [0.717, 1.165) is 5.56 Å². The van der Waals surface area contributed by atoms with Crippen LogP contribution in [-0.2, 0) is 18.4 Å². The third-order valence-corrected chi connectivity index (χ3v) is 3.87. The van der Waals surface area contributed by atoms with E-state index in [4.69, 9.17) is 0 Å². The summed E-state index contributed by atoms with van der Waals surface area (Å²) >= 11 is 0. The van der Waals surface area contributed by atoms with E-state index < -0.39 is 0 Å². The third kappa shape index (κ3) is 3.39. The van der Waals surface area contributed by atoms with Crippen molar-refractivity contribution in [3.05, 3.63) is 53.6 Å². The first-order valence-corrected chi connectivity index (χ1v) is 7.34. The van der Waals surface area contributed by atoms with E-state index in [0.29, 0.717) is 18.8 Å². The van der Waals surface area contributed by atoms with Crippen LogP contribution in [0, 0.1) is 5.82 Å². The monoisotopic (exact) mass is 316 g/mol. The minimum atomic E-state index is -0.324. The lowest BCUT2D eigenvalue weighted by atomic mass is 10.2. The number of nitrogens with zero attached hydrogens (tertiary/aromatic N) is 3.